The summed E-state index contributed by atoms with van der Waals surface area (Å²) in [5.41, 5.74) is 0. The van der Waals surface area contributed by atoms with Gasteiger partial charge in [0.05, 0.1) is 6.10 Å². The molecular weight excluding hydrogens is 234 g/mol. The summed E-state index contributed by atoms with van der Waals surface area (Å²) < 4.78 is 0. The fraction of sp³-hybridized carbons (Fsp3) is 1.00. The van der Waals surface area contributed by atoms with Crippen molar-refractivity contribution in [3.8, 4) is 0 Å². The molecule has 0 aliphatic heterocycles. The molecule has 0 spiro atoms. The van der Waals surface area contributed by atoms with Gasteiger partial charge in [-0.05, 0) is 6.42 Å². The SMILES string of the molecule is CCCCCCCCCCCCC(O)CNC(C)C. The third-order valence-electron chi connectivity index (χ3n) is 3.65. The maximum Gasteiger partial charge on any atom is 0.0664 e. The summed E-state index contributed by atoms with van der Waals surface area (Å²) in [5.74, 6) is 0. The molecule has 0 radical (unpaired) electrons. The van der Waals surface area contributed by atoms with Crippen molar-refractivity contribution in [2.75, 3.05) is 6.54 Å². The van der Waals surface area contributed by atoms with Gasteiger partial charge in [-0.15, -0.1) is 0 Å². The lowest BCUT2D eigenvalue weighted by atomic mass is 10.0. The number of nitrogens with one attached hydrogen (secondary N) is 1. The monoisotopic (exact) mass is 271 g/mol. The zero-order valence-corrected chi connectivity index (χ0v) is 13.6. The Labute approximate surface area is 121 Å². The van der Waals surface area contributed by atoms with E-state index in [-0.39, 0.29) is 6.10 Å². The van der Waals surface area contributed by atoms with Crippen molar-refractivity contribution in [1.29, 1.82) is 0 Å². The van der Waals surface area contributed by atoms with Crippen molar-refractivity contribution in [2.24, 2.45) is 0 Å². The first-order valence-corrected chi connectivity index (χ1v) is 8.58. The Morgan fingerprint density at radius 1 is 0.789 bits per heavy atom. The zero-order valence-electron chi connectivity index (χ0n) is 13.6. The summed E-state index contributed by atoms with van der Waals surface area (Å²) in [6.07, 6.45) is 14.4. The van der Waals surface area contributed by atoms with Crippen LogP contribution in [0.4, 0.5) is 0 Å². The van der Waals surface area contributed by atoms with Crippen LogP contribution in [0, 0.1) is 0 Å². The molecule has 2 N–H and O–H groups in total. The van der Waals surface area contributed by atoms with E-state index in [1.807, 2.05) is 0 Å². The van der Waals surface area contributed by atoms with Crippen LogP contribution in [-0.2, 0) is 0 Å². The van der Waals surface area contributed by atoms with Gasteiger partial charge in [-0.1, -0.05) is 85.0 Å². The van der Waals surface area contributed by atoms with E-state index in [1.165, 1.54) is 64.2 Å². The third-order valence-corrected chi connectivity index (χ3v) is 3.65. The van der Waals surface area contributed by atoms with Crippen LogP contribution in [0.15, 0.2) is 0 Å². The molecule has 0 saturated heterocycles. The summed E-state index contributed by atoms with van der Waals surface area (Å²) in [4.78, 5) is 0. The molecule has 0 fully saturated rings. The summed E-state index contributed by atoms with van der Waals surface area (Å²) in [6.45, 7) is 7.25. The second-order valence-corrected chi connectivity index (χ2v) is 6.19. The van der Waals surface area contributed by atoms with Crippen molar-refractivity contribution in [2.45, 2.75) is 104 Å². The molecule has 19 heavy (non-hydrogen) atoms. The molecule has 1 atom stereocenters. The van der Waals surface area contributed by atoms with Crippen LogP contribution in [-0.4, -0.2) is 23.8 Å². The van der Waals surface area contributed by atoms with Crippen LogP contribution < -0.4 is 5.32 Å². The molecule has 0 saturated carbocycles. The first kappa shape index (κ1) is 18.9. The van der Waals surface area contributed by atoms with Crippen LogP contribution in [0.2, 0.25) is 0 Å². The quantitative estimate of drug-likeness (QED) is 0.450. The van der Waals surface area contributed by atoms with Crippen LogP contribution >= 0.6 is 0 Å². The predicted molar refractivity (Wildman–Crippen MR) is 85.6 cm³/mol. The molecule has 2 heteroatoms. The van der Waals surface area contributed by atoms with E-state index in [2.05, 4.69) is 26.1 Å². The molecule has 0 heterocycles. The molecule has 0 aliphatic rings. The van der Waals surface area contributed by atoms with Crippen molar-refractivity contribution in [3.05, 3.63) is 0 Å². The van der Waals surface area contributed by atoms with E-state index < -0.39 is 0 Å². The maximum atomic E-state index is 9.76. The van der Waals surface area contributed by atoms with Gasteiger partial charge in [-0.2, -0.15) is 0 Å². The van der Waals surface area contributed by atoms with Gasteiger partial charge in [0.25, 0.3) is 0 Å². The fourth-order valence-electron chi connectivity index (χ4n) is 2.34. The average molecular weight is 271 g/mol. The van der Waals surface area contributed by atoms with Crippen molar-refractivity contribution >= 4 is 0 Å². The Hall–Kier alpha value is -0.0800. The predicted octanol–water partition coefficient (Wildman–Crippen LogP) is 4.66. The number of rotatable bonds is 14. The molecule has 0 bridgehead atoms. The van der Waals surface area contributed by atoms with Gasteiger partial charge < -0.3 is 10.4 Å². The van der Waals surface area contributed by atoms with Gasteiger partial charge >= 0.3 is 0 Å². The van der Waals surface area contributed by atoms with Gasteiger partial charge in [0.2, 0.25) is 0 Å². The summed E-state index contributed by atoms with van der Waals surface area (Å²) >= 11 is 0. The lowest BCUT2D eigenvalue weighted by Crippen LogP contribution is -2.31. The normalized spacial score (nSPS) is 13.1. The van der Waals surface area contributed by atoms with Crippen LogP contribution in [0.3, 0.4) is 0 Å². The third kappa shape index (κ3) is 15.9. The standard InChI is InChI=1S/C17H37NO/c1-4-5-6-7-8-9-10-11-12-13-14-17(19)15-18-16(2)3/h16-19H,4-15H2,1-3H3. The minimum absolute atomic E-state index is 0.156. The van der Waals surface area contributed by atoms with Gasteiger partial charge in [0.1, 0.15) is 0 Å². The molecule has 116 valence electrons. The number of hydrogen-bond acceptors (Lipinski definition) is 2. The number of aliphatic hydroxyl groups is 1. The molecule has 0 aliphatic carbocycles. The van der Waals surface area contributed by atoms with Crippen molar-refractivity contribution in [3.63, 3.8) is 0 Å². The second kappa shape index (κ2) is 14.3. The summed E-state index contributed by atoms with van der Waals surface area (Å²) in [7, 11) is 0. The Morgan fingerprint density at radius 3 is 1.74 bits per heavy atom. The van der Waals surface area contributed by atoms with E-state index >= 15 is 0 Å². The number of unbranched alkanes of at least 4 members (excludes halogenated alkanes) is 9. The minimum atomic E-state index is -0.156. The maximum absolute atomic E-state index is 9.76. The first-order chi connectivity index (χ1) is 9.16. The first-order valence-electron chi connectivity index (χ1n) is 8.58. The van der Waals surface area contributed by atoms with Crippen LogP contribution in [0.1, 0.15) is 91.4 Å². The Kier molecular flexibility index (Phi) is 14.3. The van der Waals surface area contributed by atoms with Gasteiger partial charge in [0.15, 0.2) is 0 Å². The highest BCUT2D eigenvalue weighted by Crippen LogP contribution is 2.11. The lowest BCUT2D eigenvalue weighted by molar-refractivity contribution is 0.155. The van der Waals surface area contributed by atoms with Gasteiger partial charge in [0, 0.05) is 12.6 Å². The number of hydrogen-bond donors (Lipinski definition) is 2. The van der Waals surface area contributed by atoms with Gasteiger partial charge in [-0.3, -0.25) is 0 Å². The van der Waals surface area contributed by atoms with E-state index in [9.17, 15) is 5.11 Å². The van der Waals surface area contributed by atoms with E-state index in [1.54, 1.807) is 0 Å². The topological polar surface area (TPSA) is 32.3 Å². The highest BCUT2D eigenvalue weighted by atomic mass is 16.3. The van der Waals surface area contributed by atoms with E-state index in [0.717, 1.165) is 13.0 Å². The molecule has 0 aromatic carbocycles. The Balaban J connectivity index is 3.09. The summed E-state index contributed by atoms with van der Waals surface area (Å²) in [6, 6.07) is 0.474. The highest BCUT2D eigenvalue weighted by molar-refractivity contribution is 4.62. The van der Waals surface area contributed by atoms with Crippen LogP contribution in [0.5, 0.6) is 0 Å². The Morgan fingerprint density at radius 2 is 1.26 bits per heavy atom. The molecule has 2 nitrogen and oxygen atoms in total. The highest BCUT2D eigenvalue weighted by Gasteiger charge is 2.04. The van der Waals surface area contributed by atoms with Crippen molar-refractivity contribution in [1.82, 2.24) is 5.32 Å². The smallest absolute Gasteiger partial charge is 0.0664 e. The minimum Gasteiger partial charge on any atom is -0.392 e. The average Bonchev–Trinajstić information content (AvgIpc) is 2.38. The molecule has 0 rings (SSSR count). The second-order valence-electron chi connectivity index (χ2n) is 6.19. The van der Waals surface area contributed by atoms with E-state index in [0.29, 0.717) is 6.04 Å². The fourth-order valence-corrected chi connectivity index (χ4v) is 2.34. The molecule has 0 aromatic heterocycles. The lowest BCUT2D eigenvalue weighted by Gasteiger charge is -2.13. The van der Waals surface area contributed by atoms with Crippen molar-refractivity contribution < 1.29 is 5.11 Å². The Bertz CT molecular complexity index is 171. The molecule has 0 aromatic rings. The zero-order chi connectivity index (χ0) is 14.3. The van der Waals surface area contributed by atoms with Crippen LogP contribution in [0.25, 0.3) is 0 Å². The molecule has 0 amide bonds. The van der Waals surface area contributed by atoms with E-state index in [4.69, 9.17) is 0 Å². The molecule has 1 unspecified atom stereocenters. The van der Waals surface area contributed by atoms with Gasteiger partial charge in [-0.25, -0.2) is 0 Å². The number of aliphatic hydroxyl groups excluding tert-OH is 1. The molecular formula is C17H37NO. The largest absolute Gasteiger partial charge is 0.392 e. The summed E-state index contributed by atoms with van der Waals surface area (Å²) in [5, 5.41) is 13.0.